The van der Waals surface area contributed by atoms with Gasteiger partial charge in [0.15, 0.2) is 0 Å². The molecule has 40 heavy (non-hydrogen) atoms. The topological polar surface area (TPSA) is 4.93 Å². The first-order chi connectivity index (χ1) is 19.6. The van der Waals surface area contributed by atoms with Crippen molar-refractivity contribution in [3.05, 3.63) is 150 Å². The molecule has 0 spiro atoms. The monoisotopic (exact) mass is 509 g/mol. The van der Waals surface area contributed by atoms with Crippen molar-refractivity contribution in [1.29, 1.82) is 0 Å². The summed E-state index contributed by atoms with van der Waals surface area (Å²) in [6.07, 6.45) is 0. The van der Waals surface area contributed by atoms with Gasteiger partial charge in [0.1, 0.15) is 0 Å². The van der Waals surface area contributed by atoms with Gasteiger partial charge in [0.2, 0.25) is 0 Å². The van der Waals surface area contributed by atoms with Crippen LogP contribution in [0.2, 0.25) is 0 Å². The fourth-order valence-corrected chi connectivity index (χ4v) is 7.57. The van der Waals surface area contributed by atoms with Crippen LogP contribution in [0.15, 0.2) is 127 Å². The summed E-state index contributed by atoms with van der Waals surface area (Å²) in [5.74, 6) is 0. The molecular formula is C39H27N. The molecule has 9 rings (SSSR count). The van der Waals surface area contributed by atoms with E-state index in [2.05, 4.69) is 146 Å². The fraction of sp³-hybridized carbons (Fsp3) is 0.0769. The number of nitrogens with zero attached hydrogens (tertiary/aromatic N) is 1. The molecule has 0 radical (unpaired) electrons. The Balaban J connectivity index is 1.26. The maximum Gasteiger partial charge on any atom is 0.0541 e. The molecule has 0 saturated heterocycles. The first-order valence-electron chi connectivity index (χ1n) is 14.1. The largest absolute Gasteiger partial charge is 0.309 e. The molecule has 0 fully saturated rings. The average molecular weight is 510 g/mol. The van der Waals surface area contributed by atoms with Crippen LogP contribution in [0, 0.1) is 0 Å². The Kier molecular flexibility index (Phi) is 4.18. The molecule has 1 heterocycles. The molecule has 7 aromatic rings. The summed E-state index contributed by atoms with van der Waals surface area (Å²) < 4.78 is 2.38. The summed E-state index contributed by atoms with van der Waals surface area (Å²) in [6, 6.07) is 47.1. The number of aromatic nitrogens is 1. The van der Waals surface area contributed by atoms with Gasteiger partial charge < -0.3 is 4.57 Å². The Morgan fingerprint density at radius 1 is 0.525 bits per heavy atom. The van der Waals surface area contributed by atoms with Crippen molar-refractivity contribution in [2.24, 2.45) is 0 Å². The lowest BCUT2D eigenvalue weighted by Crippen LogP contribution is -2.16. The van der Waals surface area contributed by atoms with Gasteiger partial charge in [-0.1, -0.05) is 105 Å². The minimum absolute atomic E-state index is 0.0381. The Morgan fingerprint density at radius 2 is 1.23 bits per heavy atom. The van der Waals surface area contributed by atoms with Gasteiger partial charge in [-0.25, -0.2) is 0 Å². The van der Waals surface area contributed by atoms with E-state index >= 15 is 0 Å². The molecule has 1 aromatic heterocycles. The van der Waals surface area contributed by atoms with Crippen LogP contribution >= 0.6 is 0 Å². The summed E-state index contributed by atoms with van der Waals surface area (Å²) in [5, 5.41) is 5.32. The number of allylic oxidation sites excluding steroid dienone is 1. The first kappa shape index (κ1) is 22.0. The van der Waals surface area contributed by atoms with Gasteiger partial charge in [-0.15, -0.1) is 0 Å². The van der Waals surface area contributed by atoms with Crippen molar-refractivity contribution in [1.82, 2.24) is 4.57 Å². The molecule has 188 valence electrons. The lowest BCUT2D eigenvalue weighted by molar-refractivity contribution is 0.705. The van der Waals surface area contributed by atoms with E-state index in [1.807, 2.05) is 0 Å². The summed E-state index contributed by atoms with van der Waals surface area (Å²) in [5.41, 5.74) is 14.7. The Morgan fingerprint density at radius 3 is 2.08 bits per heavy atom. The van der Waals surface area contributed by atoms with Crippen LogP contribution in [0.3, 0.4) is 0 Å². The van der Waals surface area contributed by atoms with E-state index < -0.39 is 0 Å². The molecule has 0 N–H and O–H groups in total. The molecular weight excluding hydrogens is 482 g/mol. The standard InChI is InChI=1S/C39H27N/c1-39(2)33-20-18-25(23-32(33)37-29-15-8-10-24-11-9-16-30(36(24)29)38(37)39)26-19-21-35-31(22-26)28-14-6-7-17-34(28)40(35)27-12-4-3-5-13-27/h3-23H,1-2H3. The maximum atomic E-state index is 2.45. The van der Waals surface area contributed by atoms with E-state index in [1.165, 1.54) is 82.8 Å². The summed E-state index contributed by atoms with van der Waals surface area (Å²) in [6.45, 7) is 4.78. The number of para-hydroxylation sites is 2. The number of hydrogen-bond donors (Lipinski definition) is 0. The maximum absolute atomic E-state index is 2.45. The number of benzene rings is 6. The van der Waals surface area contributed by atoms with Gasteiger partial charge in [0.25, 0.3) is 0 Å². The van der Waals surface area contributed by atoms with Crippen molar-refractivity contribution < 1.29 is 0 Å². The summed E-state index contributed by atoms with van der Waals surface area (Å²) in [7, 11) is 0. The van der Waals surface area contributed by atoms with Crippen LogP contribution in [0.25, 0.3) is 60.5 Å². The lowest BCUT2D eigenvalue weighted by atomic mass is 9.78. The van der Waals surface area contributed by atoms with Crippen molar-refractivity contribution in [2.75, 3.05) is 0 Å². The second kappa shape index (κ2) is 7.61. The van der Waals surface area contributed by atoms with Crippen molar-refractivity contribution >= 4 is 43.7 Å². The lowest BCUT2D eigenvalue weighted by Gasteiger charge is -2.25. The third kappa shape index (κ3) is 2.72. The third-order valence-electron chi connectivity index (χ3n) is 9.30. The molecule has 2 aliphatic rings. The first-order valence-corrected chi connectivity index (χ1v) is 14.1. The van der Waals surface area contributed by atoms with Crippen LogP contribution in [-0.4, -0.2) is 4.57 Å². The smallest absolute Gasteiger partial charge is 0.0541 e. The van der Waals surface area contributed by atoms with Crippen LogP contribution in [0.5, 0.6) is 0 Å². The fourth-order valence-electron chi connectivity index (χ4n) is 7.57. The molecule has 1 nitrogen and oxygen atoms in total. The minimum atomic E-state index is -0.0381. The zero-order chi connectivity index (χ0) is 26.6. The van der Waals surface area contributed by atoms with Crippen molar-refractivity contribution in [2.45, 2.75) is 19.3 Å². The van der Waals surface area contributed by atoms with Crippen molar-refractivity contribution in [3.8, 4) is 16.8 Å². The molecule has 0 bridgehead atoms. The van der Waals surface area contributed by atoms with Crippen LogP contribution in [0.1, 0.15) is 36.1 Å². The molecule has 0 atom stereocenters. The van der Waals surface area contributed by atoms with E-state index in [4.69, 9.17) is 0 Å². The van der Waals surface area contributed by atoms with Crippen LogP contribution < -0.4 is 0 Å². The highest BCUT2D eigenvalue weighted by Gasteiger charge is 2.43. The van der Waals surface area contributed by atoms with Crippen LogP contribution in [0.4, 0.5) is 0 Å². The quantitative estimate of drug-likeness (QED) is 0.218. The molecule has 0 aliphatic heterocycles. The molecule has 0 amide bonds. The second-order valence-corrected chi connectivity index (χ2v) is 11.8. The number of rotatable bonds is 2. The number of hydrogen-bond acceptors (Lipinski definition) is 0. The zero-order valence-corrected chi connectivity index (χ0v) is 22.6. The minimum Gasteiger partial charge on any atom is -0.309 e. The molecule has 2 aliphatic carbocycles. The molecule has 6 aromatic carbocycles. The zero-order valence-electron chi connectivity index (χ0n) is 22.6. The SMILES string of the molecule is CC1(C)C2=C(c3cc(-c4ccc5c(c4)c4ccccc4n5-c4ccccc4)ccc31)c1cccc3cccc2c13. The van der Waals surface area contributed by atoms with Gasteiger partial charge in [0, 0.05) is 21.9 Å². The molecule has 1 heteroatoms. The average Bonchev–Trinajstić information content (AvgIpc) is 3.59. The van der Waals surface area contributed by atoms with Crippen molar-refractivity contribution in [3.63, 3.8) is 0 Å². The normalized spacial score (nSPS) is 14.8. The van der Waals surface area contributed by atoms with Gasteiger partial charge in [0.05, 0.1) is 11.0 Å². The highest BCUT2D eigenvalue weighted by molar-refractivity contribution is 6.22. The van der Waals surface area contributed by atoms with Gasteiger partial charge in [-0.2, -0.15) is 0 Å². The van der Waals surface area contributed by atoms with Gasteiger partial charge in [-0.05, 0) is 91.7 Å². The highest BCUT2D eigenvalue weighted by atomic mass is 15.0. The predicted molar refractivity (Wildman–Crippen MR) is 169 cm³/mol. The summed E-state index contributed by atoms with van der Waals surface area (Å²) in [4.78, 5) is 0. The van der Waals surface area contributed by atoms with Gasteiger partial charge in [-0.3, -0.25) is 0 Å². The van der Waals surface area contributed by atoms with E-state index in [9.17, 15) is 0 Å². The Hall–Kier alpha value is -4.88. The Bertz CT molecular complexity index is 2220. The van der Waals surface area contributed by atoms with E-state index in [0.29, 0.717) is 0 Å². The van der Waals surface area contributed by atoms with E-state index in [0.717, 1.165) is 0 Å². The second-order valence-electron chi connectivity index (χ2n) is 11.8. The van der Waals surface area contributed by atoms with Crippen LogP contribution in [-0.2, 0) is 5.41 Å². The van der Waals surface area contributed by atoms with Gasteiger partial charge >= 0.3 is 0 Å². The van der Waals surface area contributed by atoms with E-state index in [-0.39, 0.29) is 5.41 Å². The molecule has 0 unspecified atom stereocenters. The summed E-state index contributed by atoms with van der Waals surface area (Å²) >= 11 is 0. The third-order valence-corrected chi connectivity index (χ3v) is 9.30. The Labute approximate surface area is 233 Å². The molecule has 0 saturated carbocycles. The highest BCUT2D eigenvalue weighted by Crippen LogP contribution is 2.59. The van der Waals surface area contributed by atoms with E-state index in [1.54, 1.807) is 0 Å². The predicted octanol–water partition coefficient (Wildman–Crippen LogP) is 10.2. The number of fused-ring (bicyclic) bond motifs is 7.